The van der Waals surface area contributed by atoms with E-state index in [1.54, 1.807) is 25.1 Å². The van der Waals surface area contributed by atoms with Gasteiger partial charge in [0.1, 0.15) is 11.6 Å². The summed E-state index contributed by atoms with van der Waals surface area (Å²) >= 11 is 0. The van der Waals surface area contributed by atoms with Crippen molar-refractivity contribution >= 4 is 23.1 Å². The minimum Gasteiger partial charge on any atom is -0.399 e. The van der Waals surface area contributed by atoms with Crippen molar-refractivity contribution in [2.24, 2.45) is 0 Å². The molecule has 0 radical (unpaired) electrons. The second kappa shape index (κ2) is 9.18. The van der Waals surface area contributed by atoms with Gasteiger partial charge in [0.05, 0.1) is 36.6 Å². The quantitative estimate of drug-likeness (QED) is 0.494. The fourth-order valence-electron chi connectivity index (χ4n) is 5.19. The summed E-state index contributed by atoms with van der Waals surface area (Å²) in [5.41, 5.74) is 6.64. The molecule has 5 rings (SSSR count). The predicted octanol–water partition coefficient (Wildman–Crippen LogP) is 3.85. The Kier molecular flexibility index (Phi) is 6.27. The van der Waals surface area contributed by atoms with Crippen LogP contribution in [0.4, 0.5) is 24.7 Å². The fraction of sp³-hybridized carbons (Fsp3) is 0.480. The van der Waals surface area contributed by atoms with Crippen LogP contribution in [-0.2, 0) is 33.5 Å². The number of hydrogen-bond acceptors (Lipinski definition) is 7. The Morgan fingerprint density at radius 2 is 1.97 bits per heavy atom. The van der Waals surface area contributed by atoms with Crippen molar-refractivity contribution < 1.29 is 27.4 Å². The number of carbonyl (C=O) groups excluding carboxylic acids is 1. The maximum atomic E-state index is 13.7. The molecule has 4 heterocycles. The van der Waals surface area contributed by atoms with Crippen LogP contribution in [0.25, 0.3) is 5.65 Å². The minimum atomic E-state index is -4.51. The number of fused-ring (bicyclic) bond motifs is 3. The third-order valence-electron chi connectivity index (χ3n) is 7.27. The lowest BCUT2D eigenvalue weighted by Crippen LogP contribution is -2.51. The Morgan fingerprint density at radius 3 is 2.65 bits per heavy atom. The summed E-state index contributed by atoms with van der Waals surface area (Å²) in [6.07, 6.45) is -1.95. The lowest BCUT2D eigenvalue weighted by Gasteiger charge is -2.37. The van der Waals surface area contributed by atoms with E-state index in [1.165, 1.54) is 6.07 Å². The number of benzene rings is 1. The summed E-state index contributed by atoms with van der Waals surface area (Å²) in [6.45, 7) is 5.09. The molecule has 0 aliphatic carbocycles. The van der Waals surface area contributed by atoms with Crippen molar-refractivity contribution in [3.63, 3.8) is 0 Å². The second-order valence-corrected chi connectivity index (χ2v) is 9.61. The highest BCUT2D eigenvalue weighted by atomic mass is 19.4. The molecular weight excluding hydrogens is 489 g/mol. The van der Waals surface area contributed by atoms with E-state index in [4.69, 9.17) is 20.2 Å². The van der Waals surface area contributed by atoms with Gasteiger partial charge >= 0.3 is 6.18 Å². The summed E-state index contributed by atoms with van der Waals surface area (Å²) in [7, 11) is 1.54. The number of methoxy groups -OCH3 is 1. The first-order chi connectivity index (χ1) is 17.5. The Balaban J connectivity index is 1.50. The average molecular weight is 519 g/mol. The number of nitrogens with one attached hydrogen (secondary N) is 1. The zero-order chi connectivity index (χ0) is 26.5. The molecule has 1 amide bonds. The molecule has 0 bridgehead atoms. The SMILES string of the molecule is COC1(C(=O)N2Cc3c(NC(C)c4cc(N)cc(C(F)(F)F)c4)nc4cnc(C)n4c3C2)CCOCC1. The van der Waals surface area contributed by atoms with Crippen molar-refractivity contribution in [3.8, 4) is 0 Å². The van der Waals surface area contributed by atoms with Gasteiger partial charge in [0.2, 0.25) is 0 Å². The van der Waals surface area contributed by atoms with E-state index in [9.17, 15) is 18.0 Å². The molecule has 2 aliphatic rings. The van der Waals surface area contributed by atoms with Crippen LogP contribution in [0.15, 0.2) is 24.4 Å². The predicted molar refractivity (Wildman–Crippen MR) is 130 cm³/mol. The van der Waals surface area contributed by atoms with Crippen LogP contribution in [0, 0.1) is 6.92 Å². The van der Waals surface area contributed by atoms with E-state index in [0.29, 0.717) is 49.6 Å². The molecule has 1 fully saturated rings. The van der Waals surface area contributed by atoms with Gasteiger partial charge in [0, 0.05) is 44.4 Å². The smallest absolute Gasteiger partial charge is 0.399 e. The summed E-state index contributed by atoms with van der Waals surface area (Å²) < 4.78 is 53.2. The van der Waals surface area contributed by atoms with Crippen molar-refractivity contribution in [1.82, 2.24) is 19.3 Å². The highest BCUT2D eigenvalue weighted by Crippen LogP contribution is 2.37. The second-order valence-electron chi connectivity index (χ2n) is 9.61. The summed E-state index contributed by atoms with van der Waals surface area (Å²) in [4.78, 5) is 24.5. The van der Waals surface area contributed by atoms with Gasteiger partial charge < -0.3 is 25.4 Å². The molecule has 1 unspecified atom stereocenters. The molecule has 3 aromatic rings. The molecule has 12 heteroatoms. The number of nitrogen functional groups attached to an aromatic ring is 1. The molecule has 0 spiro atoms. The Bertz CT molecular complexity index is 1350. The van der Waals surface area contributed by atoms with Gasteiger partial charge in [0.15, 0.2) is 11.2 Å². The molecule has 0 saturated carbocycles. The van der Waals surface area contributed by atoms with E-state index in [1.807, 2.05) is 11.3 Å². The molecule has 2 aromatic heterocycles. The lowest BCUT2D eigenvalue weighted by atomic mass is 9.92. The van der Waals surface area contributed by atoms with Gasteiger partial charge in [-0.2, -0.15) is 13.2 Å². The minimum absolute atomic E-state index is 0.0247. The van der Waals surface area contributed by atoms with Crippen LogP contribution < -0.4 is 11.1 Å². The molecule has 198 valence electrons. The number of ether oxygens (including phenoxy) is 2. The summed E-state index contributed by atoms with van der Waals surface area (Å²) in [6, 6.07) is 2.97. The van der Waals surface area contributed by atoms with E-state index >= 15 is 0 Å². The van der Waals surface area contributed by atoms with Crippen LogP contribution >= 0.6 is 0 Å². The van der Waals surface area contributed by atoms with Gasteiger partial charge in [-0.3, -0.25) is 9.20 Å². The third kappa shape index (κ3) is 4.48. The van der Waals surface area contributed by atoms with Crippen LogP contribution in [0.1, 0.15) is 54.0 Å². The first-order valence-electron chi connectivity index (χ1n) is 12.0. The number of alkyl halides is 3. The van der Waals surface area contributed by atoms with Crippen molar-refractivity contribution in [2.45, 2.75) is 57.6 Å². The van der Waals surface area contributed by atoms with Gasteiger partial charge in [0.25, 0.3) is 5.91 Å². The van der Waals surface area contributed by atoms with Gasteiger partial charge in [-0.1, -0.05) is 0 Å². The number of imidazole rings is 1. The lowest BCUT2D eigenvalue weighted by molar-refractivity contribution is -0.167. The third-order valence-corrected chi connectivity index (χ3v) is 7.27. The standard InChI is InChI=1S/C25H29F3N6O3/c1-14(16-8-17(25(26,27)28)10-18(29)9-16)31-22-19-12-33(23(35)24(36-3)4-6-37-7-5-24)13-20(19)34-15(2)30-11-21(34)32-22/h8-11,14H,4-7,12-13,29H2,1-3H3,(H,31,32). The number of anilines is 2. The zero-order valence-electron chi connectivity index (χ0n) is 20.9. The monoisotopic (exact) mass is 518 g/mol. The molecule has 9 nitrogen and oxygen atoms in total. The van der Waals surface area contributed by atoms with Gasteiger partial charge in [-0.15, -0.1) is 0 Å². The van der Waals surface area contributed by atoms with E-state index in [0.717, 1.165) is 29.2 Å². The zero-order valence-corrected chi connectivity index (χ0v) is 20.9. The maximum Gasteiger partial charge on any atom is 0.416 e. The maximum absolute atomic E-state index is 13.7. The molecule has 1 saturated heterocycles. The molecular formula is C25H29F3N6O3. The topological polar surface area (TPSA) is 107 Å². The first kappa shape index (κ1) is 25.3. The number of rotatable bonds is 5. The average Bonchev–Trinajstić information content (AvgIpc) is 3.47. The number of carbonyl (C=O) groups is 1. The van der Waals surface area contributed by atoms with E-state index < -0.39 is 23.4 Å². The van der Waals surface area contributed by atoms with Crippen molar-refractivity contribution in [3.05, 3.63) is 52.6 Å². The van der Waals surface area contributed by atoms with Crippen molar-refractivity contribution in [2.75, 3.05) is 31.4 Å². The summed E-state index contributed by atoms with van der Waals surface area (Å²) in [5, 5.41) is 3.26. The summed E-state index contributed by atoms with van der Waals surface area (Å²) in [5.74, 6) is 1.09. The Hall–Kier alpha value is -3.38. The Morgan fingerprint density at radius 1 is 1.24 bits per heavy atom. The molecule has 2 aliphatic heterocycles. The van der Waals surface area contributed by atoms with Gasteiger partial charge in [-0.05, 0) is 37.6 Å². The van der Waals surface area contributed by atoms with Crippen LogP contribution in [0.5, 0.6) is 0 Å². The molecule has 3 N–H and O–H groups in total. The van der Waals surface area contributed by atoms with E-state index in [2.05, 4.69) is 10.3 Å². The highest BCUT2D eigenvalue weighted by molar-refractivity contribution is 5.86. The largest absolute Gasteiger partial charge is 0.416 e. The Labute approximate surface area is 211 Å². The number of amides is 1. The number of halogens is 3. The number of aromatic nitrogens is 3. The first-order valence-corrected chi connectivity index (χ1v) is 12.0. The van der Waals surface area contributed by atoms with Gasteiger partial charge in [-0.25, -0.2) is 9.97 Å². The van der Waals surface area contributed by atoms with Crippen LogP contribution in [0.3, 0.4) is 0 Å². The molecule has 1 atom stereocenters. The normalized spacial score (nSPS) is 18.2. The fourth-order valence-corrected chi connectivity index (χ4v) is 5.19. The van der Waals surface area contributed by atoms with Crippen molar-refractivity contribution in [1.29, 1.82) is 0 Å². The molecule has 1 aromatic carbocycles. The number of aryl methyl sites for hydroxylation is 1. The number of nitrogens with two attached hydrogens (primary N) is 1. The number of hydrogen-bond donors (Lipinski definition) is 2. The van der Waals surface area contributed by atoms with Crippen LogP contribution in [-0.4, -0.2) is 51.1 Å². The highest BCUT2D eigenvalue weighted by Gasteiger charge is 2.45. The van der Waals surface area contributed by atoms with E-state index in [-0.39, 0.29) is 18.1 Å². The number of nitrogens with zero attached hydrogens (tertiary/aromatic N) is 4. The molecule has 37 heavy (non-hydrogen) atoms. The van der Waals surface area contributed by atoms with Crippen LogP contribution in [0.2, 0.25) is 0 Å².